The Bertz CT molecular complexity index is 2540. The normalized spacial score (nSPS) is 24.5. The Morgan fingerprint density at radius 2 is 1.92 bits per heavy atom. The van der Waals surface area contributed by atoms with E-state index in [0.717, 1.165) is 39.0 Å². The molecular weight excluding hydrogens is 889 g/mol. The predicted molar refractivity (Wildman–Crippen MR) is 263 cm³/mol. The van der Waals surface area contributed by atoms with Crippen molar-refractivity contribution in [3.8, 4) is 21.8 Å². The van der Waals surface area contributed by atoms with Crippen molar-refractivity contribution < 1.29 is 33.4 Å². The molecule has 1 saturated carbocycles. The Morgan fingerprint density at radius 1 is 1.17 bits per heavy atom. The number of aryl methyl sites for hydroxylation is 1. The maximum absolute atomic E-state index is 14.8. The van der Waals surface area contributed by atoms with Gasteiger partial charge in [0.1, 0.15) is 28.1 Å². The number of amides is 3. The Labute approximate surface area is 397 Å². The summed E-state index contributed by atoms with van der Waals surface area (Å²) in [5.41, 5.74) is 8.54. The number of nitrogens with zero attached hydrogens (tertiary/aromatic N) is 6. The number of hydrogen-bond donors (Lipinski definition) is 2. The van der Waals surface area contributed by atoms with Crippen molar-refractivity contribution in [3.63, 3.8) is 0 Å². The highest BCUT2D eigenvalue weighted by atomic mass is 32.1. The molecule has 1 saturated heterocycles. The fraction of sp³-hybridized carbons (Fsp3) is 0.542. The summed E-state index contributed by atoms with van der Waals surface area (Å²) in [6.07, 6.45) is 6.01. The number of hydrogen-bond acceptors (Lipinski definition) is 12. The van der Waals surface area contributed by atoms with Crippen LogP contribution in [0.15, 0.2) is 49.2 Å². The second kappa shape index (κ2) is 19.4. The minimum Gasteiger partial charge on any atom is -0.464 e. The molecule has 1 aromatic carbocycles. The molecular formula is C48H66N8O7SSi2. The number of methoxy groups -OCH3 is 1. The molecule has 7 rings (SSSR count). The lowest BCUT2D eigenvalue weighted by molar-refractivity contribution is -0.158. The minimum atomic E-state index is -1.14. The van der Waals surface area contributed by atoms with Crippen molar-refractivity contribution in [2.75, 3.05) is 27.3 Å². The number of allylic oxidation sites excluding steroid dienone is 1. The van der Waals surface area contributed by atoms with Crippen molar-refractivity contribution in [2.24, 2.45) is 17.3 Å². The molecule has 5 heterocycles. The number of hydrazine groups is 1. The topological polar surface area (TPSA) is 178 Å². The average Bonchev–Trinajstić information content (AvgIpc) is 4.02. The van der Waals surface area contributed by atoms with Gasteiger partial charge in [-0.05, 0) is 112 Å². The number of likely N-dealkylation sites (N-methyl/N-ethyl adjacent to an activating group) is 1. The average molecular weight is 955 g/mol. The number of pyridine rings is 1. The summed E-state index contributed by atoms with van der Waals surface area (Å²) in [7, 11) is 4.17. The van der Waals surface area contributed by atoms with Gasteiger partial charge in [-0.15, -0.1) is 0 Å². The maximum atomic E-state index is 14.8. The molecule has 1 aliphatic carbocycles. The van der Waals surface area contributed by atoms with Crippen LogP contribution >= 0.6 is 11.5 Å². The highest BCUT2D eigenvalue weighted by Gasteiger charge is 2.48. The van der Waals surface area contributed by atoms with Crippen LogP contribution in [0.25, 0.3) is 32.7 Å². The number of esters is 1. The Balaban J connectivity index is 1.29. The first-order valence-corrected chi connectivity index (χ1v) is 26.0. The first kappa shape index (κ1) is 49.0. The SMILES string of the molecule is C=CC(=O)C1CC[C@@]([SiH3])(C(=O)N(C)[C@H](C(=O)N[C@H]2Cc3nsc(n3)-c3ccc4c(c3)c(c(-c3cccnc3[C@H](C)OC)n4CC)CC(C)(C)COC(=O)[C@@]3([SiH3])CCCN(N3)C2=O)C(C)C)C1. The molecule has 3 aliphatic rings. The summed E-state index contributed by atoms with van der Waals surface area (Å²) in [6.45, 7) is 16.8. The third-order valence-corrected chi connectivity index (χ3v) is 17.2. The number of ether oxygens (including phenoxy) is 2. The van der Waals surface area contributed by atoms with Gasteiger partial charge in [0.05, 0.1) is 24.1 Å². The first-order valence-electron chi connectivity index (χ1n) is 23.2. The van der Waals surface area contributed by atoms with Crippen molar-refractivity contribution in [1.82, 2.24) is 39.6 Å². The zero-order valence-corrected chi connectivity index (χ0v) is 45.0. The lowest BCUT2D eigenvalue weighted by Crippen LogP contribution is -2.67. The van der Waals surface area contributed by atoms with Gasteiger partial charge in [-0.25, -0.2) is 10.4 Å². The van der Waals surface area contributed by atoms with E-state index in [1.165, 1.54) is 27.5 Å². The third-order valence-electron chi connectivity index (χ3n) is 13.9. The first-order chi connectivity index (χ1) is 31.2. The van der Waals surface area contributed by atoms with E-state index in [9.17, 15) is 24.0 Å². The van der Waals surface area contributed by atoms with Crippen LogP contribution in [0.3, 0.4) is 0 Å². The van der Waals surface area contributed by atoms with E-state index in [-0.39, 0.29) is 42.7 Å². The van der Waals surface area contributed by atoms with Crippen molar-refractivity contribution >= 4 is 72.4 Å². The highest BCUT2D eigenvalue weighted by Crippen LogP contribution is 2.48. The molecule has 2 fully saturated rings. The van der Waals surface area contributed by atoms with Crippen LogP contribution in [0.4, 0.5) is 0 Å². The van der Waals surface area contributed by atoms with E-state index >= 15 is 0 Å². The van der Waals surface area contributed by atoms with Gasteiger partial charge in [-0.2, -0.15) is 4.37 Å². The molecule has 4 aromatic rings. The molecule has 6 bridgehead atoms. The number of aromatic nitrogens is 4. The van der Waals surface area contributed by atoms with Gasteiger partial charge in [0.15, 0.2) is 5.78 Å². The molecule has 2 aliphatic heterocycles. The van der Waals surface area contributed by atoms with Gasteiger partial charge < -0.3 is 24.3 Å². The Hall–Kier alpha value is -4.89. The maximum Gasteiger partial charge on any atom is 0.323 e. The number of benzene rings is 1. The number of carbonyl (C=O) groups excluding carboxylic acids is 5. The standard InChI is InChI=1S/C48H66N8O7SSi2/c1-10-36(57)30-17-19-47(65,24-30)44(60)54(8)39(27(3)4)41(58)50-34-23-37-51-42(64-52-37)29-15-16-35-32(22-29)33(40(55(35)11-2)31-14-12-20-49-38(31)28(5)62-9)25-46(6,7)26-63-45(61)48(66)18-13-21-56(53-48)43(34)59/h10,12,14-16,20,22,27-28,30,34,39,53H,1,11,13,17-19,21,23-26H2,2-9,65-66H3,(H,50,58)/t28-,30?,34-,39-,47-,48-/m0/s1. The zero-order chi connectivity index (χ0) is 47.9. The van der Waals surface area contributed by atoms with Crippen LogP contribution in [-0.4, -0.2) is 123 Å². The summed E-state index contributed by atoms with van der Waals surface area (Å²) in [6, 6.07) is 8.28. The van der Waals surface area contributed by atoms with Gasteiger partial charge in [-0.3, -0.25) is 34.0 Å². The molecule has 354 valence electrons. The van der Waals surface area contributed by atoms with Crippen LogP contribution < -0.4 is 10.7 Å². The van der Waals surface area contributed by atoms with E-state index < -0.39 is 45.5 Å². The van der Waals surface area contributed by atoms with Crippen molar-refractivity contribution in [1.29, 1.82) is 0 Å². The highest BCUT2D eigenvalue weighted by molar-refractivity contribution is 7.09. The second-order valence-corrected chi connectivity index (χ2v) is 24.4. The molecule has 3 aromatic heterocycles. The number of fused-ring (bicyclic) bond motifs is 6. The molecule has 18 heteroatoms. The van der Waals surface area contributed by atoms with Gasteiger partial charge in [0.2, 0.25) is 11.8 Å². The summed E-state index contributed by atoms with van der Waals surface area (Å²) >= 11 is 1.23. The van der Waals surface area contributed by atoms with Crippen LogP contribution in [0, 0.1) is 17.3 Å². The quantitative estimate of drug-likeness (QED) is 0.127. The Kier molecular flexibility index (Phi) is 14.4. The largest absolute Gasteiger partial charge is 0.464 e. The van der Waals surface area contributed by atoms with Crippen molar-refractivity contribution in [3.05, 3.63) is 66.3 Å². The summed E-state index contributed by atoms with van der Waals surface area (Å²) in [5, 5.41) is 4.36. The van der Waals surface area contributed by atoms with Crippen LogP contribution in [-0.2, 0) is 52.8 Å². The number of carbonyl (C=O) groups is 5. The van der Waals surface area contributed by atoms with Crippen LogP contribution in [0.2, 0.25) is 5.04 Å². The fourth-order valence-electron chi connectivity index (χ4n) is 10.3. The number of rotatable bonds is 11. The summed E-state index contributed by atoms with van der Waals surface area (Å²) in [5.74, 6) is -1.78. The van der Waals surface area contributed by atoms with Crippen LogP contribution in [0.1, 0.15) is 96.8 Å². The number of nitrogens with one attached hydrogen (secondary N) is 2. The molecule has 15 nitrogen and oxygen atoms in total. The predicted octanol–water partition coefficient (Wildman–Crippen LogP) is 3.85. The molecule has 1 unspecified atom stereocenters. The van der Waals surface area contributed by atoms with E-state index in [0.29, 0.717) is 82.9 Å². The van der Waals surface area contributed by atoms with E-state index in [1.807, 2.05) is 32.9 Å². The van der Waals surface area contributed by atoms with Gasteiger partial charge in [0, 0.05) is 98.8 Å². The van der Waals surface area contributed by atoms with E-state index in [1.54, 1.807) is 20.4 Å². The van der Waals surface area contributed by atoms with E-state index in [2.05, 4.69) is 60.9 Å². The molecule has 0 radical (unpaired) electrons. The zero-order valence-electron chi connectivity index (χ0n) is 40.2. The molecule has 6 atom stereocenters. The van der Waals surface area contributed by atoms with Gasteiger partial charge in [-0.1, -0.05) is 34.3 Å². The van der Waals surface area contributed by atoms with Gasteiger partial charge in [0.25, 0.3) is 5.91 Å². The lowest BCUT2D eigenvalue weighted by atomic mass is 9.84. The number of ketones is 1. The lowest BCUT2D eigenvalue weighted by Gasteiger charge is -2.42. The van der Waals surface area contributed by atoms with E-state index in [4.69, 9.17) is 23.8 Å². The fourth-order valence-corrected chi connectivity index (χ4v) is 12.9. The van der Waals surface area contributed by atoms with Gasteiger partial charge >= 0.3 is 5.97 Å². The molecule has 66 heavy (non-hydrogen) atoms. The number of cyclic esters (lactones) is 1. The molecule has 2 N–H and O–H groups in total. The minimum absolute atomic E-state index is 0.0319. The Morgan fingerprint density at radius 3 is 2.62 bits per heavy atom. The monoisotopic (exact) mass is 954 g/mol. The molecule has 3 amide bonds. The summed E-state index contributed by atoms with van der Waals surface area (Å²) in [4.78, 5) is 81.7. The third kappa shape index (κ3) is 9.61. The van der Waals surface area contributed by atoms with Crippen LogP contribution in [0.5, 0.6) is 0 Å². The second-order valence-electron chi connectivity index (χ2n) is 20.1. The smallest absolute Gasteiger partial charge is 0.323 e. The van der Waals surface area contributed by atoms with Crippen molar-refractivity contribution in [2.45, 2.75) is 121 Å². The summed E-state index contributed by atoms with van der Waals surface area (Å²) < 4.78 is 19.1. The molecule has 0 spiro atoms.